The average molecular weight is 535 g/mol. The van der Waals surface area contributed by atoms with Crippen LogP contribution in [0.1, 0.15) is 32.1 Å². The summed E-state index contributed by atoms with van der Waals surface area (Å²) in [6, 6.07) is 10.5. The van der Waals surface area contributed by atoms with E-state index in [2.05, 4.69) is 65.5 Å². The Balaban J connectivity index is 1.19. The summed E-state index contributed by atoms with van der Waals surface area (Å²) in [4.78, 5) is 30.1. The SMILES string of the molecule is CN1CCN(c2cncc3[nH]c(-c4n[nH]c5ccc(-c6cncc(NC(=O)C7CCCCC7)c6)cc45)cc23)CC1. The molecule has 4 aromatic heterocycles. The highest BCUT2D eigenvalue weighted by molar-refractivity contribution is 6.00. The van der Waals surface area contributed by atoms with Crippen LogP contribution in [0.5, 0.6) is 0 Å². The Morgan fingerprint density at radius 3 is 2.55 bits per heavy atom. The molecule has 40 heavy (non-hydrogen) atoms. The molecule has 1 aliphatic carbocycles. The van der Waals surface area contributed by atoms with Crippen LogP contribution in [0.3, 0.4) is 0 Å². The summed E-state index contributed by atoms with van der Waals surface area (Å²) in [6.07, 6.45) is 12.9. The van der Waals surface area contributed by atoms with Crippen LogP contribution in [0.15, 0.2) is 55.1 Å². The van der Waals surface area contributed by atoms with E-state index in [1.54, 1.807) is 6.20 Å². The predicted octanol–water partition coefficient (Wildman–Crippen LogP) is 5.44. The number of aromatic nitrogens is 5. The molecule has 204 valence electrons. The van der Waals surface area contributed by atoms with Gasteiger partial charge in [0.25, 0.3) is 0 Å². The van der Waals surface area contributed by atoms with E-state index in [4.69, 9.17) is 0 Å². The van der Waals surface area contributed by atoms with Gasteiger partial charge in [0, 0.05) is 54.6 Å². The van der Waals surface area contributed by atoms with Crippen molar-refractivity contribution in [3.63, 3.8) is 0 Å². The molecule has 5 heterocycles. The highest BCUT2D eigenvalue weighted by Crippen LogP contribution is 2.35. The second-order valence-corrected chi connectivity index (χ2v) is 11.2. The van der Waals surface area contributed by atoms with E-state index in [-0.39, 0.29) is 11.8 Å². The van der Waals surface area contributed by atoms with Gasteiger partial charge >= 0.3 is 0 Å². The summed E-state index contributed by atoms with van der Waals surface area (Å²) in [5.41, 5.74) is 7.65. The Kier molecular flexibility index (Phi) is 6.43. The van der Waals surface area contributed by atoms with E-state index in [1.807, 2.05) is 30.7 Å². The van der Waals surface area contributed by atoms with Crippen molar-refractivity contribution in [3.8, 4) is 22.5 Å². The Hall–Kier alpha value is -4.24. The number of carbonyl (C=O) groups is 1. The standard InChI is InChI=1S/C31H34N8O/c1-38-9-11-39(12-10-38)29-19-33-18-28-24(29)15-27(35-28)30-25-14-21(7-8-26(25)36-37-30)22-13-23(17-32-16-22)34-31(40)20-5-3-2-4-6-20/h7-8,13-20,35H,2-6,9-12H2,1H3,(H,34,40)(H,36,37). The summed E-state index contributed by atoms with van der Waals surface area (Å²) in [6.45, 7) is 4.06. The van der Waals surface area contributed by atoms with Crippen molar-refractivity contribution in [1.82, 2.24) is 30.0 Å². The van der Waals surface area contributed by atoms with Gasteiger partial charge in [0.05, 0.1) is 46.7 Å². The number of piperazine rings is 1. The number of pyridine rings is 2. The molecule has 2 fully saturated rings. The number of benzene rings is 1. The van der Waals surface area contributed by atoms with Gasteiger partial charge in [-0.25, -0.2) is 0 Å². The maximum atomic E-state index is 12.8. The van der Waals surface area contributed by atoms with Crippen LogP contribution < -0.4 is 10.2 Å². The fourth-order valence-electron chi connectivity index (χ4n) is 6.14. The lowest BCUT2D eigenvalue weighted by Crippen LogP contribution is -2.44. The molecule has 1 saturated heterocycles. The number of amides is 1. The summed E-state index contributed by atoms with van der Waals surface area (Å²) in [7, 11) is 2.17. The van der Waals surface area contributed by atoms with Gasteiger partial charge in [-0.3, -0.25) is 19.9 Å². The quantitative estimate of drug-likeness (QED) is 0.277. The van der Waals surface area contributed by atoms with E-state index in [9.17, 15) is 4.79 Å². The molecule has 1 aromatic carbocycles. The lowest BCUT2D eigenvalue weighted by Gasteiger charge is -2.34. The van der Waals surface area contributed by atoms with E-state index in [0.717, 1.165) is 108 Å². The minimum absolute atomic E-state index is 0.102. The first-order chi connectivity index (χ1) is 19.6. The summed E-state index contributed by atoms with van der Waals surface area (Å²) >= 11 is 0. The molecular weight excluding hydrogens is 500 g/mol. The van der Waals surface area contributed by atoms with Gasteiger partial charge in [0.15, 0.2) is 0 Å². The van der Waals surface area contributed by atoms with Gasteiger partial charge < -0.3 is 20.1 Å². The highest BCUT2D eigenvalue weighted by Gasteiger charge is 2.22. The second kappa shape index (κ2) is 10.4. The number of rotatable bonds is 5. The van der Waals surface area contributed by atoms with Crippen molar-refractivity contribution in [2.45, 2.75) is 32.1 Å². The minimum Gasteiger partial charge on any atom is -0.367 e. The topological polar surface area (TPSA) is 106 Å². The maximum absolute atomic E-state index is 12.8. The fourth-order valence-corrected chi connectivity index (χ4v) is 6.14. The van der Waals surface area contributed by atoms with E-state index >= 15 is 0 Å². The summed E-state index contributed by atoms with van der Waals surface area (Å²) in [5.74, 6) is 0.209. The molecule has 9 nitrogen and oxygen atoms in total. The zero-order valence-electron chi connectivity index (χ0n) is 22.8. The molecule has 0 spiro atoms. The van der Waals surface area contributed by atoms with Crippen molar-refractivity contribution < 1.29 is 4.79 Å². The lowest BCUT2D eigenvalue weighted by molar-refractivity contribution is -0.120. The Morgan fingerprint density at radius 2 is 1.70 bits per heavy atom. The smallest absolute Gasteiger partial charge is 0.227 e. The Labute approximate surface area is 233 Å². The van der Waals surface area contributed by atoms with Gasteiger partial charge in [0.2, 0.25) is 5.91 Å². The van der Waals surface area contributed by atoms with Crippen LogP contribution in [-0.2, 0) is 4.79 Å². The monoisotopic (exact) mass is 534 g/mol. The van der Waals surface area contributed by atoms with Gasteiger partial charge in [-0.1, -0.05) is 25.3 Å². The number of nitrogens with zero attached hydrogens (tertiary/aromatic N) is 5. The van der Waals surface area contributed by atoms with Crippen molar-refractivity contribution in [1.29, 1.82) is 0 Å². The van der Waals surface area contributed by atoms with E-state index in [0.29, 0.717) is 0 Å². The second-order valence-electron chi connectivity index (χ2n) is 11.2. The van der Waals surface area contributed by atoms with Crippen LogP contribution >= 0.6 is 0 Å². The predicted molar refractivity (Wildman–Crippen MR) is 159 cm³/mol. The first-order valence-electron chi connectivity index (χ1n) is 14.3. The first kappa shape index (κ1) is 24.8. The number of hydrogen-bond donors (Lipinski definition) is 3. The number of carbonyl (C=O) groups excluding carboxylic acids is 1. The molecule has 0 radical (unpaired) electrons. The van der Waals surface area contributed by atoms with Crippen molar-refractivity contribution in [2.75, 3.05) is 43.4 Å². The lowest BCUT2D eigenvalue weighted by atomic mass is 9.88. The molecule has 1 aliphatic heterocycles. The maximum Gasteiger partial charge on any atom is 0.227 e. The molecule has 1 amide bonds. The van der Waals surface area contributed by atoms with Crippen LogP contribution in [0.2, 0.25) is 0 Å². The number of aromatic amines is 2. The van der Waals surface area contributed by atoms with Crippen LogP contribution in [0.25, 0.3) is 44.3 Å². The number of nitrogens with one attached hydrogen (secondary N) is 3. The number of fused-ring (bicyclic) bond motifs is 2. The largest absolute Gasteiger partial charge is 0.367 e. The third-order valence-electron chi connectivity index (χ3n) is 8.50. The van der Waals surface area contributed by atoms with Gasteiger partial charge in [0.1, 0.15) is 5.69 Å². The molecule has 1 saturated carbocycles. The number of hydrogen-bond acceptors (Lipinski definition) is 6. The normalized spacial score (nSPS) is 17.1. The van der Waals surface area contributed by atoms with Gasteiger partial charge in [-0.05, 0) is 49.7 Å². The number of H-pyrrole nitrogens is 2. The highest BCUT2D eigenvalue weighted by atomic mass is 16.1. The van der Waals surface area contributed by atoms with E-state index < -0.39 is 0 Å². The fraction of sp³-hybridized carbons (Fsp3) is 0.355. The van der Waals surface area contributed by atoms with Crippen LogP contribution in [0, 0.1) is 5.92 Å². The zero-order chi connectivity index (χ0) is 27.1. The number of anilines is 2. The zero-order valence-corrected chi connectivity index (χ0v) is 22.8. The minimum atomic E-state index is 0.102. The van der Waals surface area contributed by atoms with Crippen molar-refractivity contribution >= 4 is 39.1 Å². The molecule has 9 heteroatoms. The molecule has 0 bridgehead atoms. The molecule has 5 aromatic rings. The van der Waals surface area contributed by atoms with Crippen LogP contribution in [-0.4, -0.2) is 69.2 Å². The third kappa shape index (κ3) is 4.70. The Bertz CT molecular complexity index is 1670. The average Bonchev–Trinajstić information content (AvgIpc) is 3.62. The Morgan fingerprint density at radius 1 is 0.875 bits per heavy atom. The molecule has 7 rings (SSSR count). The van der Waals surface area contributed by atoms with Crippen LogP contribution in [0.4, 0.5) is 11.4 Å². The summed E-state index contributed by atoms with van der Waals surface area (Å²) < 4.78 is 0. The van der Waals surface area contributed by atoms with Gasteiger partial charge in [-0.15, -0.1) is 0 Å². The molecule has 2 aliphatic rings. The first-order valence-corrected chi connectivity index (χ1v) is 14.3. The van der Waals surface area contributed by atoms with Crippen molar-refractivity contribution in [2.24, 2.45) is 5.92 Å². The van der Waals surface area contributed by atoms with Gasteiger partial charge in [-0.2, -0.15) is 5.10 Å². The van der Waals surface area contributed by atoms with E-state index in [1.165, 1.54) is 6.42 Å². The van der Waals surface area contributed by atoms with Crippen molar-refractivity contribution in [3.05, 3.63) is 55.1 Å². The molecular formula is C31H34N8O. The molecule has 0 unspecified atom stereocenters. The molecule has 0 atom stereocenters. The summed E-state index contributed by atoms with van der Waals surface area (Å²) in [5, 5.41) is 13.2. The number of likely N-dealkylation sites (N-methyl/N-ethyl adjacent to an activating group) is 1. The third-order valence-corrected chi connectivity index (χ3v) is 8.50. The molecule has 3 N–H and O–H groups in total.